The van der Waals surface area contributed by atoms with Crippen LogP contribution in [0.4, 0.5) is 0 Å². The van der Waals surface area contributed by atoms with Gasteiger partial charge in [0, 0.05) is 6.54 Å². The molecule has 0 aromatic rings. The summed E-state index contributed by atoms with van der Waals surface area (Å²) < 4.78 is 0. The number of carbonyl (C=O) groups is 5. The molecular formula is C13H20N4O7. The minimum atomic E-state index is -1.59. The molecule has 11 nitrogen and oxygen atoms in total. The molecule has 1 fully saturated rings. The molecule has 0 aromatic heterocycles. The van der Waals surface area contributed by atoms with E-state index in [1.54, 1.807) is 0 Å². The zero-order chi connectivity index (χ0) is 18.3. The average Bonchev–Trinajstić information content (AvgIpc) is 3.00. The second kappa shape index (κ2) is 8.82. The Labute approximate surface area is 137 Å². The van der Waals surface area contributed by atoms with Crippen LogP contribution in [0.15, 0.2) is 0 Å². The molecule has 24 heavy (non-hydrogen) atoms. The average molecular weight is 344 g/mol. The number of amides is 3. The molecule has 1 aliphatic rings. The highest BCUT2D eigenvalue weighted by Gasteiger charge is 2.33. The summed E-state index contributed by atoms with van der Waals surface area (Å²) in [6.45, 7) is -0.344. The zero-order valence-electron chi connectivity index (χ0n) is 12.9. The van der Waals surface area contributed by atoms with Crippen molar-refractivity contribution in [2.45, 2.75) is 31.3 Å². The summed E-state index contributed by atoms with van der Waals surface area (Å²) in [6.07, 6.45) is 0.294. The zero-order valence-corrected chi connectivity index (χ0v) is 12.9. The highest BCUT2D eigenvalue weighted by molar-refractivity contribution is 5.92. The van der Waals surface area contributed by atoms with Crippen molar-refractivity contribution in [1.29, 1.82) is 0 Å². The summed E-state index contributed by atoms with van der Waals surface area (Å²) in [6, 6.07) is -2.31. The predicted molar refractivity (Wildman–Crippen MR) is 78.6 cm³/mol. The molecule has 1 rings (SSSR count). The van der Waals surface area contributed by atoms with Crippen LogP contribution in [0.1, 0.15) is 19.3 Å². The molecule has 2 unspecified atom stereocenters. The molecular weight excluding hydrogens is 324 g/mol. The molecule has 1 aliphatic heterocycles. The smallest absolute Gasteiger partial charge is 0.326 e. The first-order chi connectivity index (χ1) is 11.3. The lowest BCUT2D eigenvalue weighted by molar-refractivity contribution is -0.147. The lowest BCUT2D eigenvalue weighted by atomic mass is 10.2. The Morgan fingerprint density at radius 1 is 1.21 bits per heavy atom. The van der Waals surface area contributed by atoms with Gasteiger partial charge in [-0.2, -0.15) is 0 Å². The Hall–Kier alpha value is -2.69. The number of rotatable bonds is 8. The lowest BCUT2D eigenvalue weighted by Gasteiger charge is -2.23. The maximum absolute atomic E-state index is 12.0. The van der Waals surface area contributed by atoms with Crippen LogP contribution in [-0.4, -0.2) is 76.5 Å². The summed E-state index contributed by atoms with van der Waals surface area (Å²) in [7, 11) is 0. The third-order valence-electron chi connectivity index (χ3n) is 3.49. The van der Waals surface area contributed by atoms with Gasteiger partial charge in [0.2, 0.25) is 17.7 Å². The van der Waals surface area contributed by atoms with Crippen LogP contribution in [0.5, 0.6) is 0 Å². The van der Waals surface area contributed by atoms with E-state index in [2.05, 4.69) is 5.32 Å². The molecule has 0 bridgehead atoms. The highest BCUT2D eigenvalue weighted by atomic mass is 16.4. The summed E-state index contributed by atoms with van der Waals surface area (Å²) in [5.74, 6) is -4.63. The Balaban J connectivity index is 2.51. The second-order valence-corrected chi connectivity index (χ2v) is 5.22. The van der Waals surface area contributed by atoms with E-state index < -0.39 is 48.8 Å². The number of aliphatic carboxylic acids is 2. The number of carboxylic acid groups (broad SMARTS) is 2. The number of nitrogens with two attached hydrogens (primary N) is 1. The fourth-order valence-electron chi connectivity index (χ4n) is 2.36. The van der Waals surface area contributed by atoms with Crippen molar-refractivity contribution in [3.05, 3.63) is 0 Å². The number of carboxylic acids is 2. The number of carbonyl (C=O) groups excluding carboxylic acids is 3. The van der Waals surface area contributed by atoms with Gasteiger partial charge in [0.25, 0.3) is 0 Å². The van der Waals surface area contributed by atoms with Gasteiger partial charge in [-0.1, -0.05) is 0 Å². The summed E-state index contributed by atoms with van der Waals surface area (Å²) in [4.78, 5) is 58.0. The molecule has 0 spiro atoms. The number of nitrogens with one attached hydrogen (secondary N) is 2. The molecule has 2 atom stereocenters. The minimum Gasteiger partial charge on any atom is -0.481 e. The minimum absolute atomic E-state index is 0.222. The molecule has 1 saturated heterocycles. The third-order valence-corrected chi connectivity index (χ3v) is 3.49. The van der Waals surface area contributed by atoms with Gasteiger partial charge in [-0.15, -0.1) is 0 Å². The van der Waals surface area contributed by atoms with E-state index in [4.69, 9.17) is 15.9 Å². The van der Waals surface area contributed by atoms with E-state index in [9.17, 15) is 24.0 Å². The summed E-state index contributed by atoms with van der Waals surface area (Å²) in [5, 5.41) is 21.7. The normalized spacial score (nSPS) is 17.9. The van der Waals surface area contributed by atoms with Crippen molar-refractivity contribution in [2.75, 3.05) is 19.6 Å². The van der Waals surface area contributed by atoms with Gasteiger partial charge in [-0.3, -0.25) is 19.2 Å². The van der Waals surface area contributed by atoms with Gasteiger partial charge in [0.15, 0.2) is 0 Å². The van der Waals surface area contributed by atoms with E-state index in [-0.39, 0.29) is 12.5 Å². The fraction of sp³-hybridized carbons (Fsp3) is 0.615. The standard InChI is InChI=1S/C13H20N4O7/c14-5-10(19)17-3-1-2-8(17)12(22)15-6-9(18)16-7(13(23)24)4-11(20)21/h7-8H,1-6,14H2,(H,15,22)(H,16,18)(H,20,21)(H,23,24). The maximum atomic E-state index is 12.0. The van der Waals surface area contributed by atoms with E-state index in [0.29, 0.717) is 19.4 Å². The molecule has 0 saturated carbocycles. The van der Waals surface area contributed by atoms with Crippen LogP contribution < -0.4 is 16.4 Å². The van der Waals surface area contributed by atoms with Crippen molar-refractivity contribution in [2.24, 2.45) is 5.73 Å². The van der Waals surface area contributed by atoms with Crippen LogP contribution >= 0.6 is 0 Å². The molecule has 6 N–H and O–H groups in total. The fourth-order valence-corrected chi connectivity index (χ4v) is 2.36. The quantitative estimate of drug-likeness (QED) is 0.311. The first-order valence-corrected chi connectivity index (χ1v) is 7.27. The number of hydrogen-bond acceptors (Lipinski definition) is 6. The SMILES string of the molecule is NCC(=O)N1CCCC1C(=O)NCC(=O)NC(CC(=O)O)C(=O)O. The maximum Gasteiger partial charge on any atom is 0.326 e. The highest BCUT2D eigenvalue weighted by Crippen LogP contribution is 2.17. The topological polar surface area (TPSA) is 179 Å². The largest absolute Gasteiger partial charge is 0.481 e. The lowest BCUT2D eigenvalue weighted by Crippen LogP contribution is -2.51. The van der Waals surface area contributed by atoms with Crippen molar-refractivity contribution in [1.82, 2.24) is 15.5 Å². The molecule has 3 amide bonds. The first-order valence-electron chi connectivity index (χ1n) is 7.27. The van der Waals surface area contributed by atoms with Gasteiger partial charge >= 0.3 is 11.9 Å². The van der Waals surface area contributed by atoms with E-state index in [0.717, 1.165) is 0 Å². The monoisotopic (exact) mass is 344 g/mol. The van der Waals surface area contributed by atoms with E-state index >= 15 is 0 Å². The van der Waals surface area contributed by atoms with Crippen LogP contribution in [0.2, 0.25) is 0 Å². The predicted octanol–water partition coefficient (Wildman–Crippen LogP) is -2.90. The summed E-state index contributed by atoms with van der Waals surface area (Å²) in [5.41, 5.74) is 5.27. The van der Waals surface area contributed by atoms with E-state index in [1.807, 2.05) is 5.32 Å². The number of nitrogens with zero attached hydrogens (tertiary/aromatic N) is 1. The van der Waals surface area contributed by atoms with Crippen molar-refractivity contribution in [3.8, 4) is 0 Å². The Morgan fingerprint density at radius 2 is 1.88 bits per heavy atom. The number of hydrogen-bond donors (Lipinski definition) is 5. The molecule has 11 heteroatoms. The van der Waals surface area contributed by atoms with Crippen LogP contribution in [0, 0.1) is 0 Å². The Bertz CT molecular complexity index is 536. The van der Waals surface area contributed by atoms with E-state index in [1.165, 1.54) is 4.90 Å². The van der Waals surface area contributed by atoms with Crippen molar-refractivity contribution < 1.29 is 34.2 Å². The van der Waals surface area contributed by atoms with Crippen LogP contribution in [-0.2, 0) is 24.0 Å². The van der Waals surface area contributed by atoms with Gasteiger partial charge in [0.1, 0.15) is 12.1 Å². The van der Waals surface area contributed by atoms with Gasteiger partial charge < -0.3 is 31.5 Å². The molecule has 0 radical (unpaired) electrons. The molecule has 0 aliphatic carbocycles. The molecule has 134 valence electrons. The first kappa shape index (κ1) is 19.4. The Morgan fingerprint density at radius 3 is 2.42 bits per heavy atom. The van der Waals surface area contributed by atoms with Crippen molar-refractivity contribution >= 4 is 29.7 Å². The van der Waals surface area contributed by atoms with Crippen LogP contribution in [0.25, 0.3) is 0 Å². The van der Waals surface area contributed by atoms with Gasteiger partial charge in [0.05, 0.1) is 19.5 Å². The summed E-state index contributed by atoms with van der Waals surface area (Å²) >= 11 is 0. The Kier molecular flexibility index (Phi) is 7.11. The van der Waals surface area contributed by atoms with Crippen molar-refractivity contribution in [3.63, 3.8) is 0 Å². The molecule has 0 aromatic carbocycles. The second-order valence-electron chi connectivity index (χ2n) is 5.22. The third kappa shape index (κ3) is 5.50. The number of likely N-dealkylation sites (tertiary alicyclic amines) is 1. The molecule has 1 heterocycles. The van der Waals surface area contributed by atoms with Gasteiger partial charge in [-0.05, 0) is 12.8 Å². The van der Waals surface area contributed by atoms with Gasteiger partial charge in [-0.25, -0.2) is 4.79 Å². The van der Waals surface area contributed by atoms with Crippen LogP contribution in [0.3, 0.4) is 0 Å².